The molecule has 0 aliphatic carbocycles. The first-order valence-corrected chi connectivity index (χ1v) is 11.9. The molecule has 0 spiro atoms. The Morgan fingerprint density at radius 3 is 2.53 bits per heavy atom. The third-order valence-electron chi connectivity index (χ3n) is 5.99. The lowest BCUT2D eigenvalue weighted by atomic mass is 10.0. The SMILES string of the molecule is CCN(CC)CCCCC(=O)c1[nH]c(/C=C2\C(=O)Nc3ccc(Br)cc32)c(C(C)=O)c1C. The molecule has 0 radical (unpaired) electrons. The van der Waals surface area contributed by atoms with E-state index in [0.717, 1.165) is 48.2 Å². The summed E-state index contributed by atoms with van der Waals surface area (Å²) in [6, 6.07) is 5.56. The summed E-state index contributed by atoms with van der Waals surface area (Å²) >= 11 is 3.44. The first-order chi connectivity index (χ1) is 15.3. The fourth-order valence-electron chi connectivity index (χ4n) is 4.19. The van der Waals surface area contributed by atoms with Crippen molar-refractivity contribution in [2.24, 2.45) is 0 Å². The number of ketones is 2. The fourth-order valence-corrected chi connectivity index (χ4v) is 4.55. The van der Waals surface area contributed by atoms with Crippen molar-refractivity contribution in [1.29, 1.82) is 0 Å². The quantitative estimate of drug-likeness (QED) is 0.257. The third-order valence-corrected chi connectivity index (χ3v) is 6.48. The molecular formula is C25H30BrN3O3. The second kappa shape index (κ2) is 10.4. The molecule has 3 rings (SSSR count). The molecule has 0 unspecified atom stereocenters. The van der Waals surface area contributed by atoms with Crippen molar-refractivity contribution in [1.82, 2.24) is 9.88 Å². The highest BCUT2D eigenvalue weighted by molar-refractivity contribution is 9.10. The predicted octanol–water partition coefficient (Wildman–Crippen LogP) is 5.48. The number of nitrogens with zero attached hydrogens (tertiary/aromatic N) is 1. The van der Waals surface area contributed by atoms with Gasteiger partial charge in [0.15, 0.2) is 11.6 Å². The van der Waals surface area contributed by atoms with E-state index in [0.29, 0.717) is 34.5 Å². The maximum atomic E-state index is 12.9. The third kappa shape index (κ3) is 5.10. The minimum Gasteiger partial charge on any atom is -0.352 e. The zero-order chi connectivity index (χ0) is 23.4. The van der Waals surface area contributed by atoms with E-state index >= 15 is 0 Å². The molecule has 0 saturated carbocycles. The van der Waals surface area contributed by atoms with Crippen LogP contribution in [0.15, 0.2) is 22.7 Å². The molecule has 7 heteroatoms. The van der Waals surface area contributed by atoms with Crippen LogP contribution in [0.2, 0.25) is 0 Å². The van der Waals surface area contributed by atoms with Gasteiger partial charge in [-0.15, -0.1) is 0 Å². The maximum absolute atomic E-state index is 12.9. The molecule has 32 heavy (non-hydrogen) atoms. The Morgan fingerprint density at radius 1 is 1.16 bits per heavy atom. The van der Waals surface area contributed by atoms with Gasteiger partial charge in [-0.1, -0.05) is 29.8 Å². The largest absolute Gasteiger partial charge is 0.352 e. The topological polar surface area (TPSA) is 82.3 Å². The first-order valence-electron chi connectivity index (χ1n) is 11.1. The molecule has 6 nitrogen and oxygen atoms in total. The van der Waals surface area contributed by atoms with E-state index < -0.39 is 0 Å². The van der Waals surface area contributed by atoms with Gasteiger partial charge in [-0.25, -0.2) is 0 Å². The van der Waals surface area contributed by atoms with Crippen LogP contribution < -0.4 is 5.32 Å². The Balaban J connectivity index is 1.86. The van der Waals surface area contributed by atoms with Gasteiger partial charge in [0.25, 0.3) is 5.91 Å². The fraction of sp³-hybridized carbons (Fsp3) is 0.400. The number of anilines is 1. The van der Waals surface area contributed by atoms with Crippen LogP contribution in [0.25, 0.3) is 11.6 Å². The summed E-state index contributed by atoms with van der Waals surface area (Å²) in [5.74, 6) is -0.378. The Morgan fingerprint density at radius 2 is 1.88 bits per heavy atom. The van der Waals surface area contributed by atoms with Gasteiger partial charge in [-0.2, -0.15) is 0 Å². The number of amides is 1. The number of Topliss-reactive ketones (excluding diaryl/α,β-unsaturated/α-hetero) is 2. The number of aromatic amines is 1. The van der Waals surface area contributed by atoms with E-state index in [1.807, 2.05) is 18.2 Å². The molecule has 1 amide bonds. The van der Waals surface area contributed by atoms with E-state index in [2.05, 4.69) is 45.0 Å². The minimum absolute atomic E-state index is 0.00628. The van der Waals surface area contributed by atoms with Crippen LogP contribution in [0.5, 0.6) is 0 Å². The molecule has 0 bridgehead atoms. The Labute approximate surface area is 197 Å². The summed E-state index contributed by atoms with van der Waals surface area (Å²) in [4.78, 5) is 43.4. The minimum atomic E-state index is -0.232. The summed E-state index contributed by atoms with van der Waals surface area (Å²) in [6.07, 6.45) is 3.85. The second-order valence-electron chi connectivity index (χ2n) is 8.08. The van der Waals surface area contributed by atoms with Crippen molar-refractivity contribution in [2.75, 3.05) is 25.0 Å². The van der Waals surface area contributed by atoms with Gasteiger partial charge in [0, 0.05) is 27.7 Å². The molecule has 2 N–H and O–H groups in total. The highest BCUT2D eigenvalue weighted by atomic mass is 79.9. The first kappa shape index (κ1) is 24.1. The van der Waals surface area contributed by atoms with Crippen molar-refractivity contribution < 1.29 is 14.4 Å². The van der Waals surface area contributed by atoms with E-state index in [1.165, 1.54) is 6.92 Å². The van der Waals surface area contributed by atoms with Gasteiger partial charge >= 0.3 is 0 Å². The van der Waals surface area contributed by atoms with Gasteiger partial charge < -0.3 is 15.2 Å². The van der Waals surface area contributed by atoms with Crippen LogP contribution in [-0.4, -0.2) is 47.0 Å². The van der Waals surface area contributed by atoms with Crippen molar-refractivity contribution in [3.05, 3.63) is 50.8 Å². The van der Waals surface area contributed by atoms with Crippen LogP contribution in [0.3, 0.4) is 0 Å². The number of carbonyl (C=O) groups is 3. The zero-order valence-corrected chi connectivity index (χ0v) is 20.7. The van der Waals surface area contributed by atoms with Crippen LogP contribution in [-0.2, 0) is 4.79 Å². The number of benzene rings is 1. The predicted molar refractivity (Wildman–Crippen MR) is 132 cm³/mol. The summed E-state index contributed by atoms with van der Waals surface area (Å²) < 4.78 is 0.855. The lowest BCUT2D eigenvalue weighted by Gasteiger charge is -2.17. The van der Waals surface area contributed by atoms with Crippen LogP contribution in [0, 0.1) is 6.92 Å². The summed E-state index contributed by atoms with van der Waals surface area (Å²) in [5.41, 5.74) is 4.00. The summed E-state index contributed by atoms with van der Waals surface area (Å²) in [6.45, 7) is 10.5. The lowest BCUT2D eigenvalue weighted by Crippen LogP contribution is -2.24. The molecule has 2 heterocycles. The molecule has 0 atom stereocenters. The number of H-pyrrole nitrogens is 1. The molecular weight excluding hydrogens is 470 g/mol. The van der Waals surface area contributed by atoms with Crippen molar-refractivity contribution in [3.8, 4) is 0 Å². The maximum Gasteiger partial charge on any atom is 0.256 e. The summed E-state index contributed by atoms with van der Waals surface area (Å²) in [7, 11) is 0. The second-order valence-corrected chi connectivity index (χ2v) is 8.99. The molecule has 1 aromatic carbocycles. The summed E-state index contributed by atoms with van der Waals surface area (Å²) in [5, 5.41) is 2.84. The van der Waals surface area contributed by atoms with E-state index in [9.17, 15) is 14.4 Å². The van der Waals surface area contributed by atoms with Gasteiger partial charge in [-0.3, -0.25) is 14.4 Å². The van der Waals surface area contributed by atoms with Crippen LogP contribution in [0.1, 0.15) is 77.7 Å². The van der Waals surface area contributed by atoms with Crippen LogP contribution in [0.4, 0.5) is 5.69 Å². The normalized spacial score (nSPS) is 14.2. The average Bonchev–Trinajstić information content (AvgIpc) is 3.24. The number of aromatic nitrogens is 1. The number of hydrogen-bond acceptors (Lipinski definition) is 4. The number of fused-ring (bicyclic) bond motifs is 1. The smallest absolute Gasteiger partial charge is 0.256 e. The zero-order valence-electron chi connectivity index (χ0n) is 19.1. The van der Waals surface area contributed by atoms with Crippen molar-refractivity contribution in [3.63, 3.8) is 0 Å². The van der Waals surface area contributed by atoms with Gasteiger partial charge in [0.05, 0.1) is 17.0 Å². The lowest BCUT2D eigenvalue weighted by molar-refractivity contribution is -0.110. The average molecular weight is 500 g/mol. The molecule has 1 aliphatic rings. The van der Waals surface area contributed by atoms with E-state index in [1.54, 1.807) is 13.0 Å². The van der Waals surface area contributed by atoms with Crippen molar-refractivity contribution >= 4 is 50.7 Å². The van der Waals surface area contributed by atoms with E-state index in [4.69, 9.17) is 0 Å². The van der Waals surface area contributed by atoms with E-state index in [-0.39, 0.29) is 17.5 Å². The monoisotopic (exact) mass is 499 g/mol. The highest BCUT2D eigenvalue weighted by Gasteiger charge is 2.27. The molecule has 2 aromatic rings. The Kier molecular flexibility index (Phi) is 7.85. The molecule has 1 aliphatic heterocycles. The number of hydrogen-bond donors (Lipinski definition) is 2. The number of nitrogens with one attached hydrogen (secondary N) is 2. The number of halogens is 1. The molecule has 0 fully saturated rings. The van der Waals surface area contributed by atoms with Gasteiger partial charge in [0.1, 0.15) is 0 Å². The van der Waals surface area contributed by atoms with Crippen LogP contribution >= 0.6 is 15.9 Å². The Bertz CT molecular complexity index is 1080. The highest BCUT2D eigenvalue weighted by Crippen LogP contribution is 2.36. The Hall–Kier alpha value is -2.51. The molecule has 0 saturated heterocycles. The number of carbonyl (C=O) groups excluding carboxylic acids is 3. The number of rotatable bonds is 10. The van der Waals surface area contributed by atoms with Crippen molar-refractivity contribution in [2.45, 2.75) is 47.0 Å². The molecule has 1 aromatic heterocycles. The standard InChI is InChI=1S/C25H30BrN3O3/c1-5-29(6-2)12-8-7-9-22(31)24-15(3)23(16(4)30)21(27-24)14-19-18-13-17(26)10-11-20(18)28-25(19)32/h10-11,13-14,27H,5-9,12H2,1-4H3,(H,28,32)/b19-14-. The van der Waals surface area contributed by atoms with Gasteiger partial charge in [-0.05, 0) is 76.2 Å². The van der Waals surface area contributed by atoms with Gasteiger partial charge in [0.2, 0.25) is 0 Å². The number of unbranched alkanes of at least 4 members (excludes halogenated alkanes) is 1. The molecule has 170 valence electrons.